The lowest BCUT2D eigenvalue weighted by Crippen LogP contribution is -2.67. The third-order valence-electron chi connectivity index (χ3n) is 6.85. The zero-order valence-electron chi connectivity index (χ0n) is 22.7. The summed E-state index contributed by atoms with van der Waals surface area (Å²) in [5.74, 6) is 1.42. The molecule has 0 bridgehead atoms. The van der Waals surface area contributed by atoms with Crippen LogP contribution < -0.4 is 4.90 Å². The van der Waals surface area contributed by atoms with Crippen LogP contribution in [0, 0.1) is 12.3 Å². The van der Waals surface area contributed by atoms with Gasteiger partial charge in [-0.1, -0.05) is 27.7 Å². The van der Waals surface area contributed by atoms with Gasteiger partial charge in [0.15, 0.2) is 5.82 Å². The number of Topliss-reactive ketones (excluding diaryl/α,β-unsaturated/α-hetero) is 1. The molecule has 0 unspecified atom stereocenters. The molecule has 1 aliphatic carbocycles. The summed E-state index contributed by atoms with van der Waals surface area (Å²) >= 11 is 0. The molecule has 3 heterocycles. The SMILES string of the molecule is CC.CC.Cc1cc(N2CCC(=O)CC2(C)C)nn1C1CC2(C1)CN(C(C)(C)C)C2.O=CO. The second kappa shape index (κ2) is 11.5. The molecule has 0 atom stereocenters. The number of carbonyl (C=O) groups excluding carboxylic acids is 1. The predicted octanol–water partition coefficient (Wildman–Crippen LogP) is 5.33. The van der Waals surface area contributed by atoms with Crippen LogP contribution in [0.15, 0.2) is 6.07 Å². The van der Waals surface area contributed by atoms with Gasteiger partial charge in [0, 0.05) is 55.3 Å². The normalized spacial score (nSPS) is 21.3. The van der Waals surface area contributed by atoms with Gasteiger partial charge in [0.1, 0.15) is 5.78 Å². The van der Waals surface area contributed by atoms with Gasteiger partial charge in [0.2, 0.25) is 0 Å². The Bertz CT molecular complexity index is 765. The monoisotopic (exact) mass is 464 g/mol. The number of aryl methyl sites for hydroxylation is 1. The molecule has 4 rings (SSSR count). The second-order valence-electron chi connectivity index (χ2n) is 10.7. The summed E-state index contributed by atoms with van der Waals surface area (Å²) in [5.41, 5.74) is 1.94. The van der Waals surface area contributed by atoms with Crippen molar-refractivity contribution in [2.75, 3.05) is 24.5 Å². The fourth-order valence-corrected chi connectivity index (χ4v) is 5.21. The first-order valence-corrected chi connectivity index (χ1v) is 12.6. The van der Waals surface area contributed by atoms with Gasteiger partial charge in [0.05, 0.1) is 6.04 Å². The van der Waals surface area contributed by atoms with E-state index >= 15 is 0 Å². The van der Waals surface area contributed by atoms with Gasteiger partial charge >= 0.3 is 0 Å². The lowest BCUT2D eigenvalue weighted by Gasteiger charge is -2.62. The van der Waals surface area contributed by atoms with Crippen LogP contribution >= 0.6 is 0 Å². The van der Waals surface area contributed by atoms with Gasteiger partial charge < -0.3 is 10.0 Å². The highest BCUT2D eigenvalue weighted by Gasteiger charge is 2.55. The Kier molecular flexibility index (Phi) is 10.2. The number of rotatable bonds is 2. The number of piperidine rings is 1. The van der Waals surface area contributed by atoms with Crippen LogP contribution in [0.2, 0.25) is 0 Å². The molecule has 2 saturated heterocycles. The fraction of sp³-hybridized carbons (Fsp3) is 0.808. The first-order chi connectivity index (χ1) is 15.4. The molecule has 2 aliphatic heterocycles. The van der Waals surface area contributed by atoms with E-state index in [9.17, 15) is 4.79 Å². The summed E-state index contributed by atoms with van der Waals surface area (Å²) < 4.78 is 2.26. The quantitative estimate of drug-likeness (QED) is 0.596. The van der Waals surface area contributed by atoms with E-state index in [1.807, 2.05) is 27.7 Å². The lowest BCUT2D eigenvalue weighted by atomic mass is 9.59. The molecule has 7 heteroatoms. The van der Waals surface area contributed by atoms with Crippen molar-refractivity contribution in [3.8, 4) is 0 Å². The highest BCUT2D eigenvalue weighted by molar-refractivity contribution is 5.82. The van der Waals surface area contributed by atoms with Gasteiger partial charge in [-0.05, 0) is 59.8 Å². The molecule has 1 aromatic rings. The zero-order chi connectivity index (χ0) is 25.6. The van der Waals surface area contributed by atoms with Crippen molar-refractivity contribution in [1.29, 1.82) is 0 Å². The lowest BCUT2D eigenvalue weighted by molar-refractivity contribution is -0.127. The third-order valence-corrected chi connectivity index (χ3v) is 6.85. The number of hydrogen-bond acceptors (Lipinski definition) is 5. The average molecular weight is 465 g/mol. The molecule has 7 nitrogen and oxygen atoms in total. The molecule has 190 valence electrons. The van der Waals surface area contributed by atoms with E-state index in [1.54, 1.807) is 0 Å². The Labute approximate surface area is 201 Å². The molecule has 0 amide bonds. The maximum absolute atomic E-state index is 11.8. The summed E-state index contributed by atoms with van der Waals surface area (Å²) in [4.78, 5) is 25.1. The predicted molar refractivity (Wildman–Crippen MR) is 136 cm³/mol. The van der Waals surface area contributed by atoms with E-state index in [1.165, 1.54) is 31.6 Å². The van der Waals surface area contributed by atoms with Crippen LogP contribution in [0.4, 0.5) is 5.82 Å². The number of nitrogens with zero attached hydrogens (tertiary/aromatic N) is 4. The van der Waals surface area contributed by atoms with Crippen molar-refractivity contribution in [3.63, 3.8) is 0 Å². The van der Waals surface area contributed by atoms with Crippen LogP contribution in [-0.2, 0) is 9.59 Å². The molecule has 3 aliphatic rings. The molecule has 1 aromatic heterocycles. The minimum atomic E-state index is -0.250. The first-order valence-electron chi connectivity index (χ1n) is 12.6. The Balaban J connectivity index is 0.000000705. The van der Waals surface area contributed by atoms with Gasteiger partial charge in [-0.15, -0.1) is 0 Å². The van der Waals surface area contributed by atoms with E-state index in [0.29, 0.717) is 35.6 Å². The minimum Gasteiger partial charge on any atom is -0.483 e. The smallest absolute Gasteiger partial charge is 0.290 e. The highest BCUT2D eigenvalue weighted by Crippen LogP contribution is 2.55. The van der Waals surface area contributed by atoms with Crippen molar-refractivity contribution >= 4 is 18.1 Å². The number of aromatic nitrogens is 2. The molecule has 0 radical (unpaired) electrons. The van der Waals surface area contributed by atoms with Gasteiger partial charge in [0.25, 0.3) is 6.47 Å². The van der Waals surface area contributed by atoms with Crippen molar-refractivity contribution in [1.82, 2.24) is 14.7 Å². The van der Waals surface area contributed by atoms with E-state index in [4.69, 9.17) is 15.0 Å². The number of ketones is 1. The summed E-state index contributed by atoms with van der Waals surface area (Å²) in [6, 6.07) is 2.76. The van der Waals surface area contributed by atoms with Crippen molar-refractivity contribution < 1.29 is 14.7 Å². The summed E-state index contributed by atoms with van der Waals surface area (Å²) in [6.07, 6.45) is 3.77. The molecule has 1 spiro atoms. The molecule has 33 heavy (non-hydrogen) atoms. The van der Waals surface area contributed by atoms with Crippen LogP contribution in [-0.4, -0.2) is 62.8 Å². The average Bonchev–Trinajstić information content (AvgIpc) is 3.02. The van der Waals surface area contributed by atoms with Crippen molar-refractivity contribution in [2.45, 2.75) is 112 Å². The van der Waals surface area contributed by atoms with Crippen LogP contribution in [0.3, 0.4) is 0 Å². The minimum absolute atomic E-state index is 0.136. The molecule has 0 aromatic carbocycles. The summed E-state index contributed by atoms with van der Waals surface area (Å²) in [7, 11) is 0. The van der Waals surface area contributed by atoms with E-state index in [0.717, 1.165) is 12.4 Å². The number of hydrogen-bond donors (Lipinski definition) is 1. The molecular weight excluding hydrogens is 416 g/mol. The first kappa shape index (κ1) is 29.1. The van der Waals surface area contributed by atoms with Crippen molar-refractivity contribution in [3.05, 3.63) is 11.8 Å². The van der Waals surface area contributed by atoms with Gasteiger partial charge in [-0.2, -0.15) is 5.10 Å². The van der Waals surface area contributed by atoms with E-state index < -0.39 is 0 Å². The molecular formula is C26H48N4O3. The van der Waals surface area contributed by atoms with E-state index in [2.05, 4.69) is 62.1 Å². The standard InChI is InChI=1S/C21H34N4O.2C2H6.CH2O2/c1-15-9-18(24-8-7-17(26)12-20(24,5)6)22-25(15)16-10-21(11-16)13-23(14-21)19(2,3)4;2*1-2;2-1-3/h9,16H,7-8,10-14H2,1-6H3;2*1-2H3;1H,(H,2,3). The summed E-state index contributed by atoms with van der Waals surface area (Å²) in [5, 5.41) is 11.9. The Morgan fingerprint density at radius 2 is 1.64 bits per heavy atom. The molecule has 3 fully saturated rings. The van der Waals surface area contributed by atoms with Crippen LogP contribution in [0.25, 0.3) is 0 Å². The second-order valence-corrected chi connectivity index (χ2v) is 10.7. The molecule has 1 N–H and O–H groups in total. The zero-order valence-corrected chi connectivity index (χ0v) is 22.7. The number of carboxylic acid groups (broad SMARTS) is 1. The number of likely N-dealkylation sites (tertiary alicyclic amines) is 1. The highest BCUT2D eigenvalue weighted by atomic mass is 16.3. The Hall–Kier alpha value is -1.89. The van der Waals surface area contributed by atoms with Crippen LogP contribution in [0.5, 0.6) is 0 Å². The summed E-state index contributed by atoms with van der Waals surface area (Å²) in [6.45, 7) is 24.4. The van der Waals surface area contributed by atoms with E-state index in [-0.39, 0.29) is 12.0 Å². The fourth-order valence-electron chi connectivity index (χ4n) is 5.21. The third kappa shape index (κ3) is 6.58. The Morgan fingerprint density at radius 3 is 2.09 bits per heavy atom. The Morgan fingerprint density at radius 1 is 1.12 bits per heavy atom. The number of carbonyl (C=O) groups is 2. The number of anilines is 1. The van der Waals surface area contributed by atoms with Crippen LogP contribution in [0.1, 0.15) is 99.7 Å². The topological polar surface area (TPSA) is 78.7 Å². The largest absolute Gasteiger partial charge is 0.483 e. The maximum atomic E-state index is 11.8. The molecule has 1 saturated carbocycles. The van der Waals surface area contributed by atoms with Gasteiger partial charge in [-0.3, -0.25) is 19.2 Å². The maximum Gasteiger partial charge on any atom is 0.290 e. The van der Waals surface area contributed by atoms with Gasteiger partial charge in [-0.25, -0.2) is 0 Å². The van der Waals surface area contributed by atoms with Crippen molar-refractivity contribution in [2.24, 2.45) is 5.41 Å².